The van der Waals surface area contributed by atoms with Crippen molar-refractivity contribution in [3.8, 4) is 6.01 Å². The number of H-pyrrole nitrogens is 1. The van der Waals surface area contributed by atoms with Gasteiger partial charge in [0.05, 0.1) is 16.2 Å². The largest absolute Gasteiger partial charge is 0.480 e. The van der Waals surface area contributed by atoms with Crippen molar-refractivity contribution in [2.75, 3.05) is 13.1 Å². The fraction of sp³-hybridized carbons (Fsp3) is 0.364. The van der Waals surface area contributed by atoms with Gasteiger partial charge in [-0.1, -0.05) is 11.6 Å². The zero-order chi connectivity index (χ0) is 13.6. The number of hydrogen-bond acceptors (Lipinski definition) is 4. The molecule has 0 radical (unpaired) electrons. The SMILES string of the molecule is O=C(O)N1CC[C@@H](c2nc3nc(O)[nH]c3cc2Cl)C1. The van der Waals surface area contributed by atoms with E-state index in [4.69, 9.17) is 16.7 Å². The van der Waals surface area contributed by atoms with E-state index in [9.17, 15) is 9.90 Å². The van der Waals surface area contributed by atoms with Gasteiger partial charge in [0.15, 0.2) is 5.65 Å². The summed E-state index contributed by atoms with van der Waals surface area (Å²) in [6.07, 6.45) is -0.252. The molecule has 0 aliphatic carbocycles. The Morgan fingerprint density at radius 3 is 3.00 bits per heavy atom. The molecule has 1 fully saturated rings. The highest BCUT2D eigenvalue weighted by molar-refractivity contribution is 6.31. The molecule has 1 aliphatic heterocycles. The van der Waals surface area contributed by atoms with E-state index in [-0.39, 0.29) is 11.9 Å². The van der Waals surface area contributed by atoms with Crippen LogP contribution in [0.1, 0.15) is 18.0 Å². The highest BCUT2D eigenvalue weighted by Crippen LogP contribution is 2.32. The van der Waals surface area contributed by atoms with Crippen LogP contribution >= 0.6 is 11.6 Å². The Kier molecular flexibility index (Phi) is 2.70. The van der Waals surface area contributed by atoms with Crippen molar-refractivity contribution in [1.29, 1.82) is 0 Å². The fourth-order valence-electron chi connectivity index (χ4n) is 2.36. The van der Waals surface area contributed by atoms with Gasteiger partial charge in [0.2, 0.25) is 0 Å². The predicted octanol–water partition coefficient (Wildman–Crippen LogP) is 1.78. The number of nitrogens with one attached hydrogen (secondary N) is 1. The first-order chi connectivity index (χ1) is 9.04. The van der Waals surface area contributed by atoms with E-state index in [2.05, 4.69) is 15.0 Å². The van der Waals surface area contributed by atoms with Crippen molar-refractivity contribution in [3.63, 3.8) is 0 Å². The highest BCUT2D eigenvalue weighted by atomic mass is 35.5. The molecule has 0 spiro atoms. The minimum absolute atomic E-state index is 0.0353. The second kappa shape index (κ2) is 4.27. The molecule has 0 bridgehead atoms. The Morgan fingerprint density at radius 1 is 1.53 bits per heavy atom. The maximum absolute atomic E-state index is 10.9. The Balaban J connectivity index is 1.96. The molecule has 1 aliphatic rings. The number of carboxylic acid groups (broad SMARTS) is 1. The number of hydrogen-bond donors (Lipinski definition) is 3. The molecule has 0 unspecified atom stereocenters. The number of likely N-dealkylation sites (tertiary alicyclic amines) is 1. The van der Waals surface area contributed by atoms with Gasteiger partial charge in [0, 0.05) is 19.0 Å². The minimum Gasteiger partial charge on any atom is -0.480 e. The van der Waals surface area contributed by atoms with Gasteiger partial charge >= 0.3 is 6.09 Å². The molecule has 2 aromatic rings. The summed E-state index contributed by atoms with van der Waals surface area (Å²) in [5.41, 5.74) is 1.56. The lowest BCUT2D eigenvalue weighted by atomic mass is 10.0. The Bertz CT molecular complexity index is 657. The molecule has 100 valence electrons. The molecule has 3 heterocycles. The van der Waals surface area contributed by atoms with Crippen LogP contribution in [0.25, 0.3) is 11.2 Å². The van der Waals surface area contributed by atoms with Gasteiger partial charge in [0.25, 0.3) is 6.01 Å². The first-order valence-corrected chi connectivity index (χ1v) is 6.15. The van der Waals surface area contributed by atoms with E-state index < -0.39 is 6.09 Å². The quantitative estimate of drug-likeness (QED) is 0.740. The number of aromatic hydroxyl groups is 1. The number of imidazole rings is 1. The summed E-state index contributed by atoms with van der Waals surface area (Å²) in [6.45, 7) is 0.853. The number of pyridine rings is 1. The van der Waals surface area contributed by atoms with Gasteiger partial charge in [-0.15, -0.1) is 0 Å². The summed E-state index contributed by atoms with van der Waals surface area (Å²) in [4.78, 5) is 23.0. The number of rotatable bonds is 1. The van der Waals surface area contributed by atoms with E-state index in [0.717, 1.165) is 0 Å². The molecule has 7 nitrogen and oxygen atoms in total. The normalized spacial score (nSPS) is 19.2. The third-order valence-corrected chi connectivity index (χ3v) is 3.59. The summed E-state index contributed by atoms with van der Waals surface area (Å²) in [5, 5.41) is 18.7. The molecule has 8 heteroatoms. The van der Waals surface area contributed by atoms with Crippen LogP contribution in [0, 0.1) is 0 Å². The van der Waals surface area contributed by atoms with Crippen molar-refractivity contribution in [3.05, 3.63) is 16.8 Å². The second-order valence-corrected chi connectivity index (χ2v) is 4.91. The van der Waals surface area contributed by atoms with Gasteiger partial charge in [-0.05, 0) is 12.5 Å². The number of carbonyl (C=O) groups is 1. The van der Waals surface area contributed by atoms with Crippen LogP contribution in [0.2, 0.25) is 5.02 Å². The van der Waals surface area contributed by atoms with Gasteiger partial charge < -0.3 is 20.1 Å². The lowest BCUT2D eigenvalue weighted by Crippen LogP contribution is -2.26. The van der Waals surface area contributed by atoms with Crippen molar-refractivity contribution in [2.45, 2.75) is 12.3 Å². The average molecular weight is 283 g/mol. The number of aromatic amines is 1. The first-order valence-electron chi connectivity index (χ1n) is 5.77. The Labute approximate surface area is 112 Å². The molecule has 2 aromatic heterocycles. The molecular weight excluding hydrogens is 272 g/mol. The second-order valence-electron chi connectivity index (χ2n) is 4.50. The molecule has 19 heavy (non-hydrogen) atoms. The van der Waals surface area contributed by atoms with Crippen LogP contribution in [-0.4, -0.2) is 49.2 Å². The molecule has 1 saturated heterocycles. The van der Waals surface area contributed by atoms with Crippen molar-refractivity contribution in [1.82, 2.24) is 19.9 Å². The van der Waals surface area contributed by atoms with Crippen molar-refractivity contribution < 1.29 is 15.0 Å². The molecule has 3 rings (SSSR count). The lowest BCUT2D eigenvalue weighted by molar-refractivity contribution is 0.155. The molecule has 1 amide bonds. The van der Waals surface area contributed by atoms with Gasteiger partial charge in [0.1, 0.15) is 0 Å². The van der Waals surface area contributed by atoms with E-state index >= 15 is 0 Å². The number of aromatic nitrogens is 3. The van der Waals surface area contributed by atoms with E-state index in [1.54, 1.807) is 6.07 Å². The van der Waals surface area contributed by atoms with Crippen LogP contribution in [0.4, 0.5) is 4.79 Å². The monoisotopic (exact) mass is 282 g/mol. The summed E-state index contributed by atoms with van der Waals surface area (Å²) in [5.74, 6) is -0.0353. The lowest BCUT2D eigenvalue weighted by Gasteiger charge is -2.12. The van der Waals surface area contributed by atoms with Crippen LogP contribution in [0.3, 0.4) is 0 Å². The topological polar surface area (TPSA) is 102 Å². The Morgan fingerprint density at radius 2 is 2.32 bits per heavy atom. The summed E-state index contributed by atoms with van der Waals surface area (Å²) < 4.78 is 0. The van der Waals surface area contributed by atoms with Gasteiger partial charge in [-0.2, -0.15) is 4.98 Å². The highest BCUT2D eigenvalue weighted by Gasteiger charge is 2.29. The third-order valence-electron chi connectivity index (χ3n) is 3.29. The molecule has 3 N–H and O–H groups in total. The number of halogens is 1. The number of nitrogens with zero attached hydrogens (tertiary/aromatic N) is 3. The minimum atomic E-state index is -0.933. The van der Waals surface area contributed by atoms with Crippen LogP contribution in [0.5, 0.6) is 6.01 Å². The molecular formula is C11H11ClN4O3. The molecule has 0 aromatic carbocycles. The van der Waals surface area contributed by atoms with E-state index in [0.29, 0.717) is 41.4 Å². The number of amides is 1. The standard InChI is InChI=1S/C11H11ClN4O3/c12-6-3-7-9(15-10(17)13-7)14-8(6)5-1-2-16(4-5)11(18)19/h3,5H,1-2,4H2,(H,18,19)(H2,13,14,15,17)/t5-/m1/s1. The van der Waals surface area contributed by atoms with E-state index in [1.165, 1.54) is 4.90 Å². The maximum atomic E-state index is 10.9. The fourth-order valence-corrected chi connectivity index (χ4v) is 2.67. The number of fused-ring (bicyclic) bond motifs is 1. The summed E-state index contributed by atoms with van der Waals surface area (Å²) in [6, 6.07) is 1.43. The third kappa shape index (κ3) is 2.06. The molecule has 1 atom stereocenters. The van der Waals surface area contributed by atoms with Crippen LogP contribution < -0.4 is 0 Å². The van der Waals surface area contributed by atoms with Crippen LogP contribution in [0.15, 0.2) is 6.07 Å². The predicted molar refractivity (Wildman–Crippen MR) is 67.5 cm³/mol. The summed E-state index contributed by atoms with van der Waals surface area (Å²) in [7, 11) is 0. The van der Waals surface area contributed by atoms with Crippen LogP contribution in [-0.2, 0) is 0 Å². The van der Waals surface area contributed by atoms with Gasteiger partial charge in [-0.3, -0.25) is 0 Å². The first kappa shape index (κ1) is 12.0. The maximum Gasteiger partial charge on any atom is 0.407 e. The zero-order valence-corrected chi connectivity index (χ0v) is 10.6. The van der Waals surface area contributed by atoms with E-state index in [1.807, 2.05) is 0 Å². The average Bonchev–Trinajstić information content (AvgIpc) is 2.92. The Hall–Kier alpha value is -2.02. The van der Waals surface area contributed by atoms with Crippen molar-refractivity contribution in [2.24, 2.45) is 0 Å². The zero-order valence-electron chi connectivity index (χ0n) is 9.80. The smallest absolute Gasteiger partial charge is 0.407 e. The summed E-state index contributed by atoms with van der Waals surface area (Å²) >= 11 is 6.16. The molecule has 0 saturated carbocycles. The van der Waals surface area contributed by atoms with Gasteiger partial charge in [-0.25, -0.2) is 9.78 Å². The van der Waals surface area contributed by atoms with Crippen molar-refractivity contribution >= 4 is 28.9 Å².